The predicted octanol–water partition coefficient (Wildman–Crippen LogP) is 1.68. The largest absolute Gasteiger partial charge is 0.352 e. The Morgan fingerprint density at radius 3 is 2.47 bits per heavy atom. The molecular formula is C12H24N2O. The first-order valence-corrected chi connectivity index (χ1v) is 5.99. The lowest BCUT2D eigenvalue weighted by Gasteiger charge is -2.26. The van der Waals surface area contributed by atoms with Crippen molar-refractivity contribution in [2.45, 2.75) is 58.0 Å². The first-order valence-electron chi connectivity index (χ1n) is 5.99. The van der Waals surface area contributed by atoms with Crippen LogP contribution in [-0.4, -0.2) is 24.5 Å². The van der Waals surface area contributed by atoms with Crippen molar-refractivity contribution in [3.63, 3.8) is 0 Å². The van der Waals surface area contributed by atoms with E-state index in [0.29, 0.717) is 6.04 Å². The Morgan fingerprint density at radius 2 is 2.07 bits per heavy atom. The lowest BCUT2D eigenvalue weighted by molar-refractivity contribution is -0.127. The molecule has 0 aromatic carbocycles. The van der Waals surface area contributed by atoms with Gasteiger partial charge in [-0.3, -0.25) is 4.79 Å². The molecule has 3 nitrogen and oxygen atoms in total. The van der Waals surface area contributed by atoms with Crippen molar-refractivity contribution < 1.29 is 4.79 Å². The minimum absolute atomic E-state index is 0.109. The molecule has 0 spiro atoms. The molecule has 15 heavy (non-hydrogen) atoms. The number of amides is 1. The summed E-state index contributed by atoms with van der Waals surface area (Å²) < 4.78 is 0. The smallest absolute Gasteiger partial charge is 0.239 e. The van der Waals surface area contributed by atoms with Crippen LogP contribution in [0.15, 0.2) is 0 Å². The van der Waals surface area contributed by atoms with Gasteiger partial charge in [-0.2, -0.15) is 0 Å². The van der Waals surface area contributed by atoms with Gasteiger partial charge in [0.1, 0.15) is 0 Å². The molecule has 0 bridgehead atoms. The van der Waals surface area contributed by atoms with Gasteiger partial charge in [0.05, 0.1) is 5.54 Å². The van der Waals surface area contributed by atoms with Crippen molar-refractivity contribution in [1.82, 2.24) is 10.6 Å². The number of carbonyl (C=O) groups is 1. The quantitative estimate of drug-likeness (QED) is 0.703. The second-order valence-electron chi connectivity index (χ2n) is 5.13. The third kappa shape index (κ3) is 3.82. The van der Waals surface area contributed by atoms with Crippen LogP contribution >= 0.6 is 0 Å². The Morgan fingerprint density at radius 1 is 1.47 bits per heavy atom. The van der Waals surface area contributed by atoms with Crippen LogP contribution in [0, 0.1) is 5.92 Å². The van der Waals surface area contributed by atoms with Gasteiger partial charge in [-0.05, 0) is 39.7 Å². The molecule has 1 unspecified atom stereocenters. The molecule has 1 amide bonds. The molecule has 1 rings (SSSR count). The highest BCUT2D eigenvalue weighted by molar-refractivity contribution is 5.85. The molecule has 1 saturated carbocycles. The highest BCUT2D eigenvalue weighted by atomic mass is 16.2. The van der Waals surface area contributed by atoms with Gasteiger partial charge in [0.15, 0.2) is 0 Å². The number of hydrogen-bond acceptors (Lipinski definition) is 2. The maximum absolute atomic E-state index is 11.9. The van der Waals surface area contributed by atoms with Crippen molar-refractivity contribution in [2.24, 2.45) is 5.92 Å². The molecule has 1 atom stereocenters. The second kappa shape index (κ2) is 4.97. The number of rotatable bonds is 6. The van der Waals surface area contributed by atoms with Gasteiger partial charge in [0.25, 0.3) is 0 Å². The Hall–Kier alpha value is -0.570. The molecule has 1 aliphatic carbocycles. The zero-order valence-corrected chi connectivity index (χ0v) is 10.4. The van der Waals surface area contributed by atoms with Crippen molar-refractivity contribution in [3.8, 4) is 0 Å². The van der Waals surface area contributed by atoms with Gasteiger partial charge in [-0.1, -0.05) is 19.8 Å². The Bertz CT molecular complexity index is 222. The maximum atomic E-state index is 11.9. The SMILES string of the molecule is CCC(CC1CC1)NC(=O)C(C)(C)NC. The highest BCUT2D eigenvalue weighted by Gasteiger charge is 2.29. The Balaban J connectivity index is 2.39. The Labute approximate surface area is 93.0 Å². The van der Waals surface area contributed by atoms with Crippen LogP contribution in [0.2, 0.25) is 0 Å². The summed E-state index contributed by atoms with van der Waals surface area (Å²) in [4.78, 5) is 11.9. The monoisotopic (exact) mass is 212 g/mol. The summed E-state index contributed by atoms with van der Waals surface area (Å²) in [6.45, 7) is 5.96. The summed E-state index contributed by atoms with van der Waals surface area (Å²) in [7, 11) is 1.82. The molecule has 0 aliphatic heterocycles. The van der Waals surface area contributed by atoms with E-state index in [9.17, 15) is 4.79 Å². The van der Waals surface area contributed by atoms with Crippen LogP contribution in [0.4, 0.5) is 0 Å². The van der Waals surface area contributed by atoms with Crippen LogP contribution < -0.4 is 10.6 Å². The summed E-state index contributed by atoms with van der Waals surface area (Å²) in [5.41, 5.74) is -0.461. The normalized spacial score (nSPS) is 18.7. The summed E-state index contributed by atoms with van der Waals surface area (Å²) in [5.74, 6) is 0.977. The zero-order chi connectivity index (χ0) is 11.5. The van der Waals surface area contributed by atoms with E-state index in [0.717, 1.165) is 18.8 Å². The fourth-order valence-corrected chi connectivity index (χ4v) is 1.56. The van der Waals surface area contributed by atoms with Crippen LogP contribution in [-0.2, 0) is 4.79 Å². The summed E-state index contributed by atoms with van der Waals surface area (Å²) in [5, 5.41) is 6.16. The van der Waals surface area contributed by atoms with Crippen molar-refractivity contribution in [2.75, 3.05) is 7.05 Å². The van der Waals surface area contributed by atoms with Gasteiger partial charge in [0.2, 0.25) is 5.91 Å². The van der Waals surface area contributed by atoms with Crippen LogP contribution in [0.5, 0.6) is 0 Å². The standard InChI is InChI=1S/C12H24N2O/c1-5-10(8-9-6-7-9)14-11(15)12(2,3)13-4/h9-10,13H,5-8H2,1-4H3,(H,14,15). The lowest BCUT2D eigenvalue weighted by atomic mass is 10.0. The molecule has 0 saturated heterocycles. The minimum atomic E-state index is -0.461. The van der Waals surface area contributed by atoms with E-state index in [1.165, 1.54) is 12.8 Å². The number of nitrogens with one attached hydrogen (secondary N) is 2. The predicted molar refractivity (Wildman–Crippen MR) is 62.7 cm³/mol. The fourth-order valence-electron chi connectivity index (χ4n) is 1.56. The van der Waals surface area contributed by atoms with Crippen molar-refractivity contribution in [1.29, 1.82) is 0 Å². The van der Waals surface area contributed by atoms with Gasteiger partial charge >= 0.3 is 0 Å². The van der Waals surface area contributed by atoms with E-state index in [1.807, 2.05) is 20.9 Å². The molecule has 1 fully saturated rings. The van der Waals surface area contributed by atoms with E-state index < -0.39 is 5.54 Å². The van der Waals surface area contributed by atoms with Gasteiger partial charge < -0.3 is 10.6 Å². The zero-order valence-electron chi connectivity index (χ0n) is 10.4. The first-order chi connectivity index (χ1) is 6.99. The fraction of sp³-hybridized carbons (Fsp3) is 0.917. The average molecular weight is 212 g/mol. The minimum Gasteiger partial charge on any atom is -0.352 e. The third-order valence-electron chi connectivity index (χ3n) is 3.34. The van der Waals surface area contributed by atoms with Crippen LogP contribution in [0.3, 0.4) is 0 Å². The summed E-state index contributed by atoms with van der Waals surface area (Å²) in [6.07, 6.45) is 4.88. The molecule has 88 valence electrons. The van der Waals surface area contributed by atoms with E-state index >= 15 is 0 Å². The van der Waals surface area contributed by atoms with Gasteiger partial charge in [-0.25, -0.2) is 0 Å². The second-order valence-corrected chi connectivity index (χ2v) is 5.13. The van der Waals surface area contributed by atoms with E-state index in [2.05, 4.69) is 17.6 Å². The van der Waals surface area contributed by atoms with Gasteiger partial charge in [-0.15, -0.1) is 0 Å². The summed E-state index contributed by atoms with van der Waals surface area (Å²) in [6, 6.07) is 0.359. The maximum Gasteiger partial charge on any atom is 0.239 e. The third-order valence-corrected chi connectivity index (χ3v) is 3.34. The van der Waals surface area contributed by atoms with Crippen LogP contribution in [0.25, 0.3) is 0 Å². The van der Waals surface area contributed by atoms with Crippen LogP contribution in [0.1, 0.15) is 46.5 Å². The molecule has 0 aromatic heterocycles. The van der Waals surface area contributed by atoms with E-state index in [1.54, 1.807) is 0 Å². The Kier molecular flexibility index (Phi) is 4.14. The van der Waals surface area contributed by atoms with E-state index in [-0.39, 0.29) is 5.91 Å². The average Bonchev–Trinajstić information content (AvgIpc) is 3.00. The molecule has 0 radical (unpaired) electrons. The molecule has 0 aromatic rings. The number of likely N-dealkylation sites (N-methyl/N-ethyl adjacent to an activating group) is 1. The lowest BCUT2D eigenvalue weighted by Crippen LogP contribution is -2.53. The number of hydrogen-bond donors (Lipinski definition) is 2. The number of carbonyl (C=O) groups excluding carboxylic acids is 1. The molecule has 3 heteroatoms. The molecule has 1 aliphatic rings. The first kappa shape index (κ1) is 12.5. The van der Waals surface area contributed by atoms with Crippen molar-refractivity contribution in [3.05, 3.63) is 0 Å². The molecule has 0 heterocycles. The van der Waals surface area contributed by atoms with E-state index in [4.69, 9.17) is 0 Å². The molecule has 2 N–H and O–H groups in total. The topological polar surface area (TPSA) is 41.1 Å². The van der Waals surface area contributed by atoms with Gasteiger partial charge in [0, 0.05) is 6.04 Å². The summed E-state index contributed by atoms with van der Waals surface area (Å²) >= 11 is 0. The molecular weight excluding hydrogens is 188 g/mol. The van der Waals surface area contributed by atoms with Crippen molar-refractivity contribution >= 4 is 5.91 Å². The highest BCUT2D eigenvalue weighted by Crippen LogP contribution is 2.34.